The van der Waals surface area contributed by atoms with E-state index >= 15 is 0 Å². The quantitative estimate of drug-likeness (QED) is 0.904. The number of hydrogen-bond acceptors (Lipinski definition) is 5. The number of halogens is 1. The Morgan fingerprint density at radius 2 is 2.17 bits per heavy atom. The van der Waals surface area contributed by atoms with E-state index in [2.05, 4.69) is 36.8 Å². The average molecular weight is 327 g/mol. The highest BCUT2D eigenvalue weighted by molar-refractivity contribution is 9.10. The van der Waals surface area contributed by atoms with Crippen molar-refractivity contribution in [3.8, 4) is 0 Å². The summed E-state index contributed by atoms with van der Waals surface area (Å²) in [4.78, 5) is 11.8. The van der Waals surface area contributed by atoms with Crippen molar-refractivity contribution in [2.75, 3.05) is 12.4 Å². The van der Waals surface area contributed by atoms with Crippen LogP contribution < -0.4 is 10.6 Å². The lowest BCUT2D eigenvalue weighted by molar-refractivity contribution is 0.0949. The van der Waals surface area contributed by atoms with Gasteiger partial charge in [-0.05, 0) is 11.6 Å². The first-order valence-corrected chi connectivity index (χ1v) is 6.84. The van der Waals surface area contributed by atoms with Crippen LogP contribution in [-0.2, 0) is 6.54 Å². The minimum Gasteiger partial charge on any atom is -0.363 e. The number of anilines is 1. The first-order valence-electron chi connectivity index (χ1n) is 5.23. The van der Waals surface area contributed by atoms with Crippen molar-refractivity contribution in [2.24, 2.45) is 0 Å². The fraction of sp³-hybridized carbons (Fsp3) is 0.182. The standard InChI is InChI=1S/C11H11BrN4OS/c1-13-11-16-15-10(18-11)9(17)14-6-7-4-2-3-5-8(7)12/h2-5H,6H2,1H3,(H,13,16)(H,14,17). The molecule has 0 bridgehead atoms. The van der Waals surface area contributed by atoms with Crippen molar-refractivity contribution < 1.29 is 4.79 Å². The van der Waals surface area contributed by atoms with Crippen LogP contribution in [0.3, 0.4) is 0 Å². The zero-order valence-corrected chi connectivity index (χ0v) is 12.0. The molecule has 0 unspecified atom stereocenters. The van der Waals surface area contributed by atoms with Crippen LogP contribution in [0.25, 0.3) is 0 Å². The maximum Gasteiger partial charge on any atom is 0.282 e. The molecule has 2 rings (SSSR count). The van der Waals surface area contributed by atoms with Crippen molar-refractivity contribution in [3.63, 3.8) is 0 Å². The monoisotopic (exact) mass is 326 g/mol. The molecule has 0 spiro atoms. The highest BCUT2D eigenvalue weighted by Crippen LogP contribution is 2.17. The highest BCUT2D eigenvalue weighted by Gasteiger charge is 2.12. The van der Waals surface area contributed by atoms with Crippen LogP contribution in [0.15, 0.2) is 28.7 Å². The summed E-state index contributed by atoms with van der Waals surface area (Å²) in [5, 5.41) is 14.2. The lowest BCUT2D eigenvalue weighted by Gasteiger charge is -2.04. The molecule has 0 fully saturated rings. The Balaban J connectivity index is 1.98. The van der Waals surface area contributed by atoms with Crippen LogP contribution in [0.5, 0.6) is 0 Å². The van der Waals surface area contributed by atoms with Crippen molar-refractivity contribution >= 4 is 38.3 Å². The first kappa shape index (κ1) is 13.0. The molecule has 0 radical (unpaired) electrons. The fourth-order valence-corrected chi connectivity index (χ4v) is 2.35. The summed E-state index contributed by atoms with van der Waals surface area (Å²) in [7, 11) is 1.74. The Hall–Kier alpha value is -1.47. The van der Waals surface area contributed by atoms with Gasteiger partial charge in [0.05, 0.1) is 0 Å². The van der Waals surface area contributed by atoms with Gasteiger partial charge >= 0.3 is 0 Å². The predicted octanol–water partition coefficient (Wildman–Crippen LogP) is 2.27. The van der Waals surface area contributed by atoms with Crippen LogP contribution in [-0.4, -0.2) is 23.2 Å². The van der Waals surface area contributed by atoms with Crippen LogP contribution in [0.1, 0.15) is 15.4 Å². The van der Waals surface area contributed by atoms with E-state index in [1.807, 2.05) is 24.3 Å². The summed E-state index contributed by atoms with van der Waals surface area (Å²) in [6.45, 7) is 0.453. The van der Waals surface area contributed by atoms with E-state index in [9.17, 15) is 4.79 Å². The predicted molar refractivity (Wildman–Crippen MR) is 74.8 cm³/mol. The SMILES string of the molecule is CNc1nnc(C(=O)NCc2ccccc2Br)s1. The van der Waals surface area contributed by atoms with Gasteiger partial charge in [-0.25, -0.2) is 0 Å². The summed E-state index contributed by atoms with van der Waals surface area (Å²) >= 11 is 4.65. The van der Waals surface area contributed by atoms with E-state index in [1.165, 1.54) is 11.3 Å². The summed E-state index contributed by atoms with van der Waals surface area (Å²) in [6.07, 6.45) is 0. The van der Waals surface area contributed by atoms with Gasteiger partial charge in [0.15, 0.2) is 0 Å². The van der Waals surface area contributed by atoms with Gasteiger partial charge in [-0.15, -0.1) is 10.2 Å². The Labute approximate surface area is 117 Å². The minimum absolute atomic E-state index is 0.218. The van der Waals surface area contributed by atoms with Crippen molar-refractivity contribution in [1.29, 1.82) is 0 Å². The first-order chi connectivity index (χ1) is 8.70. The number of nitrogens with one attached hydrogen (secondary N) is 2. The molecule has 5 nitrogen and oxygen atoms in total. The van der Waals surface area contributed by atoms with Gasteiger partial charge in [-0.1, -0.05) is 45.5 Å². The van der Waals surface area contributed by atoms with Gasteiger partial charge in [-0.3, -0.25) is 4.79 Å². The smallest absolute Gasteiger partial charge is 0.282 e. The number of amides is 1. The summed E-state index contributed by atoms with van der Waals surface area (Å²) < 4.78 is 0.971. The number of rotatable bonds is 4. The third-order valence-electron chi connectivity index (χ3n) is 2.23. The Kier molecular flexibility index (Phi) is 4.27. The van der Waals surface area contributed by atoms with E-state index < -0.39 is 0 Å². The van der Waals surface area contributed by atoms with E-state index in [4.69, 9.17) is 0 Å². The fourth-order valence-electron chi connectivity index (χ4n) is 1.31. The third-order valence-corrected chi connectivity index (χ3v) is 3.94. The van der Waals surface area contributed by atoms with Gasteiger partial charge in [0.1, 0.15) is 0 Å². The largest absolute Gasteiger partial charge is 0.363 e. The van der Waals surface area contributed by atoms with Gasteiger partial charge in [0.2, 0.25) is 10.1 Å². The van der Waals surface area contributed by atoms with E-state index in [-0.39, 0.29) is 5.91 Å². The molecule has 0 atom stereocenters. The molecular formula is C11H11BrN4OS. The molecule has 0 saturated carbocycles. The molecule has 1 amide bonds. The molecule has 0 aliphatic carbocycles. The topological polar surface area (TPSA) is 66.9 Å². The molecule has 0 aliphatic heterocycles. The highest BCUT2D eigenvalue weighted by atomic mass is 79.9. The summed E-state index contributed by atoms with van der Waals surface area (Å²) in [6, 6.07) is 7.74. The van der Waals surface area contributed by atoms with Gasteiger partial charge in [0.25, 0.3) is 5.91 Å². The molecule has 1 heterocycles. The molecule has 7 heteroatoms. The molecule has 94 valence electrons. The van der Waals surface area contributed by atoms with Crippen LogP contribution >= 0.6 is 27.3 Å². The Bertz CT molecular complexity index is 557. The number of benzene rings is 1. The molecule has 0 saturated heterocycles. The zero-order chi connectivity index (χ0) is 13.0. The second-order valence-corrected chi connectivity index (χ2v) is 5.27. The Morgan fingerprint density at radius 1 is 1.39 bits per heavy atom. The van der Waals surface area contributed by atoms with Gasteiger partial charge in [-0.2, -0.15) is 0 Å². The maximum absolute atomic E-state index is 11.8. The molecule has 2 aromatic rings. The average Bonchev–Trinajstić information content (AvgIpc) is 2.86. The van der Waals surface area contributed by atoms with E-state index in [1.54, 1.807) is 7.05 Å². The number of carbonyl (C=O) groups is 1. The van der Waals surface area contributed by atoms with E-state index in [0.717, 1.165) is 10.0 Å². The minimum atomic E-state index is -0.218. The van der Waals surface area contributed by atoms with Crippen molar-refractivity contribution in [1.82, 2.24) is 15.5 Å². The number of hydrogen-bond donors (Lipinski definition) is 2. The Morgan fingerprint density at radius 3 is 2.83 bits per heavy atom. The zero-order valence-electron chi connectivity index (χ0n) is 9.61. The second kappa shape index (κ2) is 5.92. The molecule has 1 aromatic carbocycles. The molecule has 0 aliphatic rings. The van der Waals surface area contributed by atoms with Crippen LogP contribution in [0.2, 0.25) is 0 Å². The number of nitrogens with zero attached hydrogens (tertiary/aromatic N) is 2. The molecule has 18 heavy (non-hydrogen) atoms. The van der Waals surface area contributed by atoms with Gasteiger partial charge in [0, 0.05) is 18.1 Å². The second-order valence-electron chi connectivity index (χ2n) is 3.44. The van der Waals surface area contributed by atoms with E-state index in [0.29, 0.717) is 16.7 Å². The lowest BCUT2D eigenvalue weighted by atomic mass is 10.2. The normalized spacial score (nSPS) is 10.1. The maximum atomic E-state index is 11.8. The molecule has 2 N–H and O–H groups in total. The lowest BCUT2D eigenvalue weighted by Crippen LogP contribution is -2.22. The van der Waals surface area contributed by atoms with Crippen molar-refractivity contribution in [3.05, 3.63) is 39.3 Å². The molecular weight excluding hydrogens is 316 g/mol. The summed E-state index contributed by atoms with van der Waals surface area (Å²) in [5.41, 5.74) is 1.02. The number of aromatic nitrogens is 2. The third kappa shape index (κ3) is 3.05. The van der Waals surface area contributed by atoms with Crippen LogP contribution in [0, 0.1) is 0 Å². The number of carbonyl (C=O) groups excluding carboxylic acids is 1. The summed E-state index contributed by atoms with van der Waals surface area (Å²) in [5.74, 6) is -0.218. The van der Waals surface area contributed by atoms with Crippen molar-refractivity contribution in [2.45, 2.75) is 6.54 Å². The van der Waals surface area contributed by atoms with Crippen LogP contribution in [0.4, 0.5) is 5.13 Å². The molecule has 1 aromatic heterocycles. The van der Waals surface area contributed by atoms with Gasteiger partial charge < -0.3 is 10.6 Å².